The normalized spacial score (nSPS) is 14.0. The quantitative estimate of drug-likeness (QED) is 0.743. The molecule has 0 aromatic heterocycles. The van der Waals surface area contributed by atoms with Gasteiger partial charge in [0.05, 0.1) is 12.2 Å². The first-order valence-electron chi connectivity index (χ1n) is 6.01. The maximum atomic E-state index is 4.74. The number of amidine groups is 1. The van der Waals surface area contributed by atoms with E-state index in [9.17, 15) is 0 Å². The van der Waals surface area contributed by atoms with Gasteiger partial charge in [-0.05, 0) is 42.2 Å². The molecule has 0 amide bonds. The molecule has 2 aromatic rings. The zero-order chi connectivity index (χ0) is 13.2. The zero-order valence-corrected chi connectivity index (χ0v) is 12.9. The lowest BCUT2D eigenvalue weighted by molar-refractivity contribution is 0.991. The molecule has 0 saturated heterocycles. The molecule has 96 valence electrons. The number of hydrogen-bond donors (Lipinski definition) is 0. The van der Waals surface area contributed by atoms with Gasteiger partial charge in [0, 0.05) is 10.2 Å². The van der Waals surface area contributed by atoms with Gasteiger partial charge < -0.3 is 4.90 Å². The van der Waals surface area contributed by atoms with Crippen molar-refractivity contribution in [2.24, 2.45) is 4.99 Å². The molecule has 2 nitrogen and oxygen atoms in total. The molecule has 0 bridgehead atoms. The van der Waals surface area contributed by atoms with Crippen molar-refractivity contribution in [2.45, 2.75) is 6.54 Å². The van der Waals surface area contributed by atoms with Gasteiger partial charge in [-0.1, -0.05) is 45.9 Å². The number of nitrogens with zero attached hydrogens (tertiary/aromatic N) is 2. The lowest BCUT2D eigenvalue weighted by Crippen LogP contribution is -2.30. The molecule has 0 fully saturated rings. The van der Waals surface area contributed by atoms with E-state index in [1.165, 1.54) is 11.3 Å². The summed E-state index contributed by atoms with van der Waals surface area (Å²) in [7, 11) is 0. The third-order valence-electron chi connectivity index (χ3n) is 3.09. The van der Waals surface area contributed by atoms with Crippen molar-refractivity contribution in [3.05, 3.63) is 58.6 Å². The molecule has 0 aliphatic carbocycles. The third kappa shape index (κ3) is 2.55. The molecule has 2 aromatic carbocycles. The van der Waals surface area contributed by atoms with Gasteiger partial charge in [0.25, 0.3) is 0 Å². The van der Waals surface area contributed by atoms with Crippen molar-refractivity contribution >= 4 is 44.2 Å². The Bertz CT molecular complexity index is 622. The number of hydrogen-bond acceptors (Lipinski definition) is 3. The number of halogens is 1. The number of anilines is 1. The summed E-state index contributed by atoms with van der Waals surface area (Å²) in [6.45, 7) is 0.872. The third-order valence-corrected chi connectivity index (χ3v) is 4.29. The average molecular weight is 333 g/mol. The molecule has 0 unspecified atom stereocenters. The van der Waals surface area contributed by atoms with E-state index in [0.717, 1.165) is 21.9 Å². The summed E-state index contributed by atoms with van der Waals surface area (Å²) in [5.41, 5.74) is 3.52. The molecular formula is C15H13BrN2S. The number of benzene rings is 2. The highest BCUT2D eigenvalue weighted by atomic mass is 79.9. The molecule has 1 aliphatic rings. The van der Waals surface area contributed by atoms with E-state index in [4.69, 9.17) is 4.99 Å². The van der Waals surface area contributed by atoms with Crippen molar-refractivity contribution in [1.29, 1.82) is 0 Å². The van der Waals surface area contributed by atoms with E-state index < -0.39 is 0 Å². The van der Waals surface area contributed by atoms with Gasteiger partial charge in [0.2, 0.25) is 0 Å². The highest BCUT2D eigenvalue weighted by Crippen LogP contribution is 2.32. The van der Waals surface area contributed by atoms with Crippen molar-refractivity contribution in [2.75, 3.05) is 11.2 Å². The summed E-state index contributed by atoms with van der Waals surface area (Å²) in [6.07, 6.45) is 2.07. The van der Waals surface area contributed by atoms with Crippen LogP contribution in [0.25, 0.3) is 0 Å². The first kappa shape index (κ1) is 12.8. The lowest BCUT2D eigenvalue weighted by atomic mass is 10.1. The maximum absolute atomic E-state index is 4.74. The van der Waals surface area contributed by atoms with Crippen LogP contribution >= 0.6 is 27.7 Å². The number of aliphatic imine (C=N–C) groups is 1. The molecule has 0 spiro atoms. The van der Waals surface area contributed by atoms with E-state index in [2.05, 4.69) is 69.6 Å². The Morgan fingerprint density at radius 3 is 2.58 bits per heavy atom. The van der Waals surface area contributed by atoms with Crippen LogP contribution in [0.4, 0.5) is 11.4 Å². The SMILES string of the molecule is CSC1=Nc2ccccc2CN1c1ccc(Br)cc1. The minimum Gasteiger partial charge on any atom is -0.316 e. The van der Waals surface area contributed by atoms with Crippen LogP contribution in [0.3, 0.4) is 0 Å². The molecule has 1 aliphatic heterocycles. The summed E-state index contributed by atoms with van der Waals surface area (Å²) < 4.78 is 1.09. The van der Waals surface area contributed by atoms with Gasteiger partial charge in [-0.2, -0.15) is 0 Å². The molecular weight excluding hydrogens is 320 g/mol. The minimum absolute atomic E-state index is 0.872. The van der Waals surface area contributed by atoms with Crippen molar-refractivity contribution in [3.63, 3.8) is 0 Å². The topological polar surface area (TPSA) is 15.6 Å². The first-order valence-corrected chi connectivity index (χ1v) is 8.03. The molecule has 4 heteroatoms. The van der Waals surface area contributed by atoms with Crippen LogP contribution in [0.2, 0.25) is 0 Å². The summed E-state index contributed by atoms with van der Waals surface area (Å²) in [6, 6.07) is 16.7. The predicted octanol–water partition coefficient (Wildman–Crippen LogP) is 4.82. The van der Waals surface area contributed by atoms with Crippen LogP contribution in [0.1, 0.15) is 5.56 Å². The molecule has 0 radical (unpaired) electrons. The Morgan fingerprint density at radius 2 is 1.84 bits per heavy atom. The van der Waals surface area contributed by atoms with E-state index >= 15 is 0 Å². The van der Waals surface area contributed by atoms with Crippen molar-refractivity contribution < 1.29 is 0 Å². The maximum Gasteiger partial charge on any atom is 0.168 e. The highest BCUT2D eigenvalue weighted by molar-refractivity contribution is 9.10. The van der Waals surface area contributed by atoms with Crippen LogP contribution in [-0.2, 0) is 6.54 Å². The zero-order valence-electron chi connectivity index (χ0n) is 10.5. The highest BCUT2D eigenvalue weighted by Gasteiger charge is 2.20. The number of fused-ring (bicyclic) bond motifs is 1. The first-order chi connectivity index (χ1) is 9.28. The molecule has 0 atom stereocenters. The average Bonchev–Trinajstić information content (AvgIpc) is 2.46. The second kappa shape index (κ2) is 5.39. The molecule has 0 saturated carbocycles. The van der Waals surface area contributed by atoms with Gasteiger partial charge in [-0.15, -0.1) is 0 Å². The second-order valence-electron chi connectivity index (χ2n) is 4.29. The molecule has 0 N–H and O–H groups in total. The Hall–Kier alpha value is -1.26. The van der Waals surface area contributed by atoms with Gasteiger partial charge in [-0.3, -0.25) is 0 Å². The van der Waals surface area contributed by atoms with Gasteiger partial charge in [0.1, 0.15) is 0 Å². The Labute approximate surface area is 125 Å². The fourth-order valence-corrected chi connectivity index (χ4v) is 2.98. The fraction of sp³-hybridized carbons (Fsp3) is 0.133. The van der Waals surface area contributed by atoms with E-state index in [0.29, 0.717) is 0 Å². The summed E-state index contributed by atoms with van der Waals surface area (Å²) >= 11 is 5.15. The standard InChI is InChI=1S/C15H13BrN2S/c1-19-15-17-14-5-3-2-4-11(14)10-18(15)13-8-6-12(16)7-9-13/h2-9H,10H2,1H3. The minimum atomic E-state index is 0.872. The van der Waals surface area contributed by atoms with Crippen molar-refractivity contribution in [1.82, 2.24) is 0 Å². The van der Waals surface area contributed by atoms with E-state index in [1.54, 1.807) is 11.8 Å². The lowest BCUT2D eigenvalue weighted by Gasteiger charge is -2.29. The molecule has 3 rings (SSSR count). The van der Waals surface area contributed by atoms with Crippen LogP contribution in [0.15, 0.2) is 58.0 Å². The smallest absolute Gasteiger partial charge is 0.168 e. The summed E-state index contributed by atoms with van der Waals surface area (Å²) in [5, 5.41) is 1.04. The monoisotopic (exact) mass is 332 g/mol. The summed E-state index contributed by atoms with van der Waals surface area (Å²) in [4.78, 5) is 6.99. The van der Waals surface area contributed by atoms with E-state index in [1.807, 2.05) is 6.07 Å². The predicted molar refractivity (Wildman–Crippen MR) is 87.4 cm³/mol. The number of para-hydroxylation sites is 1. The largest absolute Gasteiger partial charge is 0.316 e. The Balaban J connectivity index is 2.02. The Kier molecular flexibility index (Phi) is 3.62. The van der Waals surface area contributed by atoms with Crippen LogP contribution in [0, 0.1) is 0 Å². The van der Waals surface area contributed by atoms with Crippen LogP contribution in [0.5, 0.6) is 0 Å². The van der Waals surface area contributed by atoms with E-state index in [-0.39, 0.29) is 0 Å². The van der Waals surface area contributed by atoms with Gasteiger partial charge >= 0.3 is 0 Å². The van der Waals surface area contributed by atoms with Crippen molar-refractivity contribution in [3.8, 4) is 0 Å². The Morgan fingerprint density at radius 1 is 1.11 bits per heavy atom. The van der Waals surface area contributed by atoms with Crippen LogP contribution in [-0.4, -0.2) is 11.4 Å². The fourth-order valence-electron chi connectivity index (χ4n) is 2.13. The molecule has 19 heavy (non-hydrogen) atoms. The summed E-state index contributed by atoms with van der Waals surface area (Å²) in [5.74, 6) is 0. The number of rotatable bonds is 1. The second-order valence-corrected chi connectivity index (χ2v) is 5.98. The van der Waals surface area contributed by atoms with Crippen LogP contribution < -0.4 is 4.90 Å². The van der Waals surface area contributed by atoms with Gasteiger partial charge in [-0.25, -0.2) is 4.99 Å². The van der Waals surface area contributed by atoms with Gasteiger partial charge in [0.15, 0.2) is 5.17 Å². The number of thioether (sulfide) groups is 1. The molecule has 1 heterocycles.